The summed E-state index contributed by atoms with van der Waals surface area (Å²) in [7, 11) is -3.11. The Hall–Kier alpha value is -2.62. The van der Waals surface area contributed by atoms with Crippen molar-refractivity contribution in [3.05, 3.63) is 59.5 Å². The van der Waals surface area contributed by atoms with E-state index in [2.05, 4.69) is 4.98 Å². The van der Waals surface area contributed by atoms with Gasteiger partial charge in [0.1, 0.15) is 21.5 Å². The number of anilines is 1. The summed E-state index contributed by atoms with van der Waals surface area (Å²) in [5.41, 5.74) is 0.433. The molecule has 0 N–H and O–H groups in total. The van der Waals surface area contributed by atoms with Gasteiger partial charge in [-0.2, -0.15) is 0 Å². The van der Waals surface area contributed by atoms with Gasteiger partial charge < -0.3 is 9.80 Å². The first-order valence-electron chi connectivity index (χ1n) is 10.1. The molecule has 1 aromatic heterocycles. The molecule has 1 amide bonds. The number of aromatic nitrogens is 1. The Morgan fingerprint density at radius 1 is 1.00 bits per heavy atom. The number of piperazine rings is 1. The number of carbonyl (C=O) groups is 1. The van der Waals surface area contributed by atoms with Gasteiger partial charge in [0, 0.05) is 25.6 Å². The average Bonchev–Trinajstić information content (AvgIpc) is 2.75. The minimum absolute atomic E-state index is 0.0291. The summed E-state index contributed by atoms with van der Waals surface area (Å²) >= 11 is 0. The molecule has 166 valence electrons. The molecule has 0 bridgehead atoms. The second-order valence-corrected chi connectivity index (χ2v) is 10.2. The Kier molecular flexibility index (Phi) is 5.92. The molecule has 1 unspecified atom stereocenters. The second-order valence-electron chi connectivity index (χ2n) is 7.93. The fraction of sp³-hybridized carbons (Fsp3) is 0.429. The van der Waals surface area contributed by atoms with E-state index in [0.717, 1.165) is 18.3 Å². The number of sulfone groups is 1. The van der Waals surface area contributed by atoms with E-state index >= 15 is 0 Å². The van der Waals surface area contributed by atoms with E-state index < -0.39 is 39.2 Å². The molecule has 0 radical (unpaired) electrons. The number of hydrogen-bond acceptors (Lipinski definition) is 5. The van der Waals surface area contributed by atoms with E-state index in [1.807, 2.05) is 4.90 Å². The van der Waals surface area contributed by atoms with Crippen LogP contribution in [0, 0.1) is 23.4 Å². The van der Waals surface area contributed by atoms with Crippen LogP contribution >= 0.6 is 0 Å². The van der Waals surface area contributed by atoms with Gasteiger partial charge in [0.15, 0.2) is 11.6 Å². The zero-order valence-corrected chi connectivity index (χ0v) is 17.5. The van der Waals surface area contributed by atoms with Crippen LogP contribution in [0.4, 0.5) is 19.0 Å². The number of benzene rings is 1. The van der Waals surface area contributed by atoms with E-state index in [0.29, 0.717) is 24.5 Å². The maximum atomic E-state index is 14.0. The third-order valence-corrected chi connectivity index (χ3v) is 7.65. The molecule has 10 heteroatoms. The Bertz CT molecular complexity index is 1070. The van der Waals surface area contributed by atoms with E-state index in [1.165, 1.54) is 18.2 Å². The van der Waals surface area contributed by atoms with Crippen molar-refractivity contribution in [2.45, 2.75) is 18.9 Å². The molecule has 0 saturated carbocycles. The number of rotatable bonds is 3. The molecule has 0 aliphatic carbocycles. The van der Waals surface area contributed by atoms with Crippen molar-refractivity contribution in [3.8, 4) is 0 Å². The van der Waals surface area contributed by atoms with Gasteiger partial charge in [-0.25, -0.2) is 26.6 Å². The maximum Gasteiger partial charge on any atom is 0.226 e. The lowest BCUT2D eigenvalue weighted by molar-refractivity contribution is -0.138. The molecular formula is C21H22F3N3O3S. The van der Waals surface area contributed by atoms with Crippen LogP contribution in [0.3, 0.4) is 0 Å². The van der Waals surface area contributed by atoms with Crippen LogP contribution in [0.25, 0.3) is 0 Å². The quantitative estimate of drug-likeness (QED) is 0.715. The van der Waals surface area contributed by atoms with Gasteiger partial charge in [-0.1, -0.05) is 6.07 Å². The van der Waals surface area contributed by atoms with E-state index in [4.69, 9.17) is 0 Å². The summed E-state index contributed by atoms with van der Waals surface area (Å²) in [6, 6.07) is 5.77. The molecule has 31 heavy (non-hydrogen) atoms. The summed E-state index contributed by atoms with van der Waals surface area (Å²) in [6.45, 7) is 0.987. The number of halogens is 3. The number of nitrogens with zero attached hydrogens (tertiary/aromatic N) is 3. The third-order valence-electron chi connectivity index (χ3n) is 5.93. The molecule has 4 rings (SSSR count). The van der Waals surface area contributed by atoms with Gasteiger partial charge in [-0.15, -0.1) is 0 Å². The van der Waals surface area contributed by atoms with Crippen LogP contribution in [0.15, 0.2) is 36.5 Å². The maximum absolute atomic E-state index is 14.0. The van der Waals surface area contributed by atoms with Crippen LogP contribution in [0.2, 0.25) is 0 Å². The first-order valence-corrected chi connectivity index (χ1v) is 11.9. The molecule has 1 atom stereocenters. The molecule has 2 aliphatic heterocycles. The van der Waals surface area contributed by atoms with Crippen LogP contribution in [0.1, 0.15) is 24.4 Å². The van der Waals surface area contributed by atoms with Crippen molar-refractivity contribution in [2.75, 3.05) is 36.0 Å². The fourth-order valence-electron chi connectivity index (χ4n) is 4.19. The predicted molar refractivity (Wildman–Crippen MR) is 109 cm³/mol. The molecule has 0 spiro atoms. The summed E-state index contributed by atoms with van der Waals surface area (Å²) in [4.78, 5) is 20.8. The topological polar surface area (TPSA) is 70.6 Å². The first kappa shape index (κ1) is 21.6. The van der Waals surface area contributed by atoms with Crippen molar-refractivity contribution in [3.63, 3.8) is 0 Å². The van der Waals surface area contributed by atoms with Crippen molar-refractivity contribution in [1.29, 1.82) is 0 Å². The lowest BCUT2D eigenvalue weighted by Gasteiger charge is -2.43. The monoisotopic (exact) mass is 453 g/mol. The van der Waals surface area contributed by atoms with Gasteiger partial charge in [0.05, 0.1) is 23.7 Å². The SMILES string of the molecule is O=C(C1CCS(=O)(=O)CC1)N1CCN(c2ccc(F)cn2)CC1c1ccc(F)c(F)c1. The lowest BCUT2D eigenvalue weighted by Crippen LogP contribution is -2.53. The van der Waals surface area contributed by atoms with E-state index in [-0.39, 0.29) is 36.8 Å². The molecule has 2 aliphatic rings. The Morgan fingerprint density at radius 2 is 1.74 bits per heavy atom. The van der Waals surface area contributed by atoms with Gasteiger partial charge in [-0.05, 0) is 42.7 Å². The van der Waals surface area contributed by atoms with Crippen LogP contribution in [-0.4, -0.2) is 55.3 Å². The Morgan fingerprint density at radius 3 is 2.39 bits per heavy atom. The smallest absolute Gasteiger partial charge is 0.226 e. The van der Waals surface area contributed by atoms with Crippen LogP contribution in [-0.2, 0) is 14.6 Å². The molecule has 3 heterocycles. The van der Waals surface area contributed by atoms with Gasteiger partial charge >= 0.3 is 0 Å². The van der Waals surface area contributed by atoms with Crippen molar-refractivity contribution < 1.29 is 26.4 Å². The molecule has 6 nitrogen and oxygen atoms in total. The summed E-state index contributed by atoms with van der Waals surface area (Å²) in [5, 5.41) is 0. The first-order chi connectivity index (χ1) is 14.7. The van der Waals surface area contributed by atoms with Gasteiger partial charge in [0.25, 0.3) is 0 Å². The zero-order valence-electron chi connectivity index (χ0n) is 16.7. The third kappa shape index (κ3) is 4.68. The molecule has 1 aromatic carbocycles. The van der Waals surface area contributed by atoms with Crippen LogP contribution in [0.5, 0.6) is 0 Å². The van der Waals surface area contributed by atoms with Crippen LogP contribution < -0.4 is 4.90 Å². The number of pyridine rings is 1. The largest absolute Gasteiger partial charge is 0.352 e. The molecule has 2 saturated heterocycles. The lowest BCUT2D eigenvalue weighted by atomic mass is 9.96. The summed E-state index contributed by atoms with van der Waals surface area (Å²) in [5.74, 6) is -2.61. The normalized spacial score (nSPS) is 21.8. The Balaban J connectivity index is 1.61. The predicted octanol–water partition coefficient (Wildman–Crippen LogP) is 2.71. The highest BCUT2D eigenvalue weighted by Crippen LogP contribution is 2.32. The summed E-state index contributed by atoms with van der Waals surface area (Å²) in [6.07, 6.45) is 1.61. The molecular weight excluding hydrogens is 431 g/mol. The number of amides is 1. The Labute approximate surface area is 178 Å². The van der Waals surface area contributed by atoms with Crippen molar-refractivity contribution in [1.82, 2.24) is 9.88 Å². The highest BCUT2D eigenvalue weighted by molar-refractivity contribution is 7.91. The zero-order chi connectivity index (χ0) is 22.2. The second kappa shape index (κ2) is 8.49. The number of carbonyl (C=O) groups excluding carboxylic acids is 1. The highest BCUT2D eigenvalue weighted by atomic mass is 32.2. The highest BCUT2D eigenvalue weighted by Gasteiger charge is 2.37. The van der Waals surface area contributed by atoms with E-state index in [9.17, 15) is 26.4 Å². The number of hydrogen-bond donors (Lipinski definition) is 0. The minimum atomic E-state index is -3.11. The van der Waals surface area contributed by atoms with Crippen molar-refractivity contribution >= 4 is 21.6 Å². The van der Waals surface area contributed by atoms with Gasteiger partial charge in [0.2, 0.25) is 5.91 Å². The average molecular weight is 453 g/mol. The molecule has 2 fully saturated rings. The minimum Gasteiger partial charge on any atom is -0.352 e. The molecule has 2 aromatic rings. The fourth-order valence-corrected chi connectivity index (χ4v) is 5.68. The van der Waals surface area contributed by atoms with E-state index in [1.54, 1.807) is 4.90 Å². The van der Waals surface area contributed by atoms with Crippen molar-refractivity contribution in [2.24, 2.45) is 5.92 Å². The standard InChI is InChI=1S/C21H22F3N3O3S/c22-16-2-4-20(25-12-16)26-7-8-27(21(28)14-5-9-31(29,30)10-6-14)19(13-26)15-1-3-17(23)18(24)11-15/h1-4,11-12,14,19H,5-10,13H2. The summed E-state index contributed by atoms with van der Waals surface area (Å²) < 4.78 is 64.2. The van der Waals surface area contributed by atoms with Gasteiger partial charge in [-0.3, -0.25) is 4.79 Å².